The second kappa shape index (κ2) is 7.95. The van der Waals surface area contributed by atoms with Gasteiger partial charge in [0.25, 0.3) is 0 Å². The van der Waals surface area contributed by atoms with Crippen molar-refractivity contribution in [3.63, 3.8) is 0 Å². The molecule has 0 unspecified atom stereocenters. The second-order valence-corrected chi connectivity index (χ2v) is 9.19. The molecule has 10 heteroatoms. The maximum Gasteiger partial charge on any atom is 0.411 e. The predicted octanol–water partition coefficient (Wildman–Crippen LogP) is 1.76. The van der Waals surface area contributed by atoms with E-state index in [0.717, 1.165) is 0 Å². The van der Waals surface area contributed by atoms with Crippen LogP contribution >= 0.6 is 7.41 Å². The average Bonchev–Trinajstić information content (AvgIpc) is 3.10. The number of esters is 1. The Kier molecular flexibility index (Phi) is 6.16. The summed E-state index contributed by atoms with van der Waals surface area (Å²) in [4.78, 5) is 23.5. The van der Waals surface area contributed by atoms with E-state index in [2.05, 4.69) is 21.7 Å². The molecule has 2 N–H and O–H groups in total. The van der Waals surface area contributed by atoms with Gasteiger partial charge in [-0.15, -0.1) is 0 Å². The zero-order valence-corrected chi connectivity index (χ0v) is 15.5. The van der Waals surface area contributed by atoms with Gasteiger partial charge < -0.3 is 14.8 Å². The van der Waals surface area contributed by atoms with Gasteiger partial charge in [-0.2, -0.15) is 0 Å². The summed E-state index contributed by atoms with van der Waals surface area (Å²) < 4.78 is 34.1. The van der Waals surface area contributed by atoms with Crippen molar-refractivity contribution >= 4 is 40.9 Å². The monoisotopic (exact) mass is 386 g/mol. The lowest BCUT2D eigenvalue weighted by atomic mass is 9.94. The van der Waals surface area contributed by atoms with Crippen LogP contribution in [0.4, 0.5) is 10.5 Å². The number of nitrogens with one attached hydrogen (secondary N) is 2. The van der Waals surface area contributed by atoms with Crippen molar-refractivity contribution in [3.8, 4) is 0 Å². The molecule has 0 saturated carbocycles. The number of ether oxygens (including phenoxy) is 2. The van der Waals surface area contributed by atoms with Gasteiger partial charge in [0.2, 0.25) is 9.46 Å². The molecule has 1 aromatic rings. The standard InChI is InChI=1S/C15H19N2O6PS/c1-22-14(18)10-6-7-16-13(10)11-8-9(17-15(19)23-2)4-5-12(11)25(20,21)24-3/h4-5,8,10,13,16H,3,6-7H2,1-2H3,(H,17,19)/t10-,13+/m0/s1. The van der Waals surface area contributed by atoms with Crippen LogP contribution in [0, 0.1) is 5.92 Å². The Morgan fingerprint density at radius 3 is 2.64 bits per heavy atom. The first-order valence-electron chi connectivity index (χ1n) is 7.37. The molecule has 0 spiro atoms. The summed E-state index contributed by atoms with van der Waals surface area (Å²) in [6.07, 6.45) is 3.28. The Morgan fingerprint density at radius 1 is 1.32 bits per heavy atom. The lowest BCUT2D eigenvalue weighted by Crippen LogP contribution is -2.26. The maximum atomic E-state index is 12.4. The fraction of sp³-hybridized carbons (Fsp3) is 0.400. The molecule has 1 heterocycles. The normalized spacial score (nSPS) is 20.2. The fourth-order valence-electron chi connectivity index (χ4n) is 2.78. The Hall–Kier alpha value is -1.96. The highest BCUT2D eigenvalue weighted by molar-refractivity contribution is 8.42. The number of benzene rings is 1. The molecular formula is C15H19N2O6PS. The number of methoxy groups -OCH3 is 2. The number of carbonyl (C=O) groups is 2. The highest BCUT2D eigenvalue weighted by atomic mass is 32.7. The summed E-state index contributed by atoms with van der Waals surface area (Å²) in [5.74, 6) is -0.939. The van der Waals surface area contributed by atoms with Crippen molar-refractivity contribution in [3.05, 3.63) is 23.8 Å². The Morgan fingerprint density at radius 2 is 2.04 bits per heavy atom. The van der Waals surface area contributed by atoms with Crippen LogP contribution in [0.2, 0.25) is 0 Å². The van der Waals surface area contributed by atoms with E-state index >= 15 is 0 Å². The zero-order chi connectivity index (χ0) is 18.6. The molecule has 0 bridgehead atoms. The molecule has 25 heavy (non-hydrogen) atoms. The number of anilines is 1. The number of rotatable bonds is 5. The molecule has 2 rings (SSSR count). The molecule has 1 saturated heterocycles. The minimum Gasteiger partial charge on any atom is -0.469 e. The molecule has 2 atom stereocenters. The smallest absolute Gasteiger partial charge is 0.411 e. The first-order valence-corrected chi connectivity index (χ1v) is 10.5. The van der Waals surface area contributed by atoms with Crippen LogP contribution in [0.5, 0.6) is 0 Å². The molecule has 8 nitrogen and oxygen atoms in total. The fourth-order valence-corrected chi connectivity index (χ4v) is 4.56. The number of amides is 1. The van der Waals surface area contributed by atoms with Gasteiger partial charge in [0.15, 0.2) is 0 Å². The van der Waals surface area contributed by atoms with E-state index < -0.39 is 33.5 Å². The van der Waals surface area contributed by atoms with E-state index in [9.17, 15) is 18.0 Å². The first kappa shape index (κ1) is 19.4. The summed E-state index contributed by atoms with van der Waals surface area (Å²) in [5, 5.41) is 5.63. The van der Waals surface area contributed by atoms with Crippen molar-refractivity contribution in [2.24, 2.45) is 5.92 Å². The molecule has 1 amide bonds. The molecule has 0 aliphatic carbocycles. The Labute approximate surface area is 147 Å². The summed E-state index contributed by atoms with van der Waals surface area (Å²) in [6, 6.07) is 3.83. The highest BCUT2D eigenvalue weighted by Crippen LogP contribution is 2.37. The maximum absolute atomic E-state index is 12.4. The van der Waals surface area contributed by atoms with Crippen molar-refractivity contribution in [1.82, 2.24) is 5.32 Å². The van der Waals surface area contributed by atoms with Crippen LogP contribution in [0.3, 0.4) is 0 Å². The van der Waals surface area contributed by atoms with Crippen LogP contribution in [-0.4, -0.2) is 47.5 Å². The molecule has 0 radical (unpaired) electrons. The van der Waals surface area contributed by atoms with Crippen LogP contribution in [-0.2, 0) is 23.7 Å². The number of hydrogen-bond acceptors (Lipinski definition) is 7. The van der Waals surface area contributed by atoms with Gasteiger partial charge in [-0.3, -0.25) is 10.1 Å². The third-order valence-corrected chi connectivity index (χ3v) is 6.83. The SMILES string of the molecule is C=PS(=O)(=O)c1ccc(NC(=O)OC)cc1[C@@H]1NCC[C@@H]1C(=O)OC. The largest absolute Gasteiger partial charge is 0.469 e. The quantitative estimate of drug-likeness (QED) is 0.586. The topological polar surface area (TPSA) is 111 Å². The van der Waals surface area contributed by atoms with Gasteiger partial charge in [-0.05, 0) is 36.7 Å². The third kappa shape index (κ3) is 4.18. The second-order valence-electron chi connectivity index (χ2n) is 5.32. The highest BCUT2D eigenvalue weighted by Gasteiger charge is 2.37. The van der Waals surface area contributed by atoms with Crippen LogP contribution in [0.25, 0.3) is 0 Å². The molecule has 1 aromatic carbocycles. The zero-order valence-electron chi connectivity index (χ0n) is 13.8. The lowest BCUT2D eigenvalue weighted by molar-refractivity contribution is -0.145. The first-order chi connectivity index (χ1) is 11.8. The van der Waals surface area contributed by atoms with E-state index in [1.165, 1.54) is 32.4 Å². The lowest BCUT2D eigenvalue weighted by Gasteiger charge is -2.21. The molecule has 1 aliphatic rings. The molecule has 0 aromatic heterocycles. The summed E-state index contributed by atoms with van der Waals surface area (Å²) in [6.45, 7) is 0.542. The van der Waals surface area contributed by atoms with Crippen molar-refractivity contribution in [2.75, 3.05) is 26.1 Å². The van der Waals surface area contributed by atoms with Crippen LogP contribution in [0.15, 0.2) is 23.1 Å². The van der Waals surface area contributed by atoms with E-state index in [-0.39, 0.29) is 12.3 Å². The molecular weight excluding hydrogens is 367 g/mol. The molecule has 1 aliphatic heterocycles. The van der Waals surface area contributed by atoms with E-state index in [4.69, 9.17) is 4.74 Å². The van der Waals surface area contributed by atoms with E-state index in [1.807, 2.05) is 0 Å². The van der Waals surface area contributed by atoms with E-state index in [0.29, 0.717) is 24.2 Å². The van der Waals surface area contributed by atoms with Crippen LogP contribution in [0.1, 0.15) is 18.0 Å². The predicted molar refractivity (Wildman–Crippen MR) is 94.6 cm³/mol. The van der Waals surface area contributed by atoms with Gasteiger partial charge >= 0.3 is 12.1 Å². The van der Waals surface area contributed by atoms with Crippen molar-refractivity contribution < 1.29 is 27.5 Å². The summed E-state index contributed by atoms with van der Waals surface area (Å²) in [5.41, 5.74) is 0.747. The summed E-state index contributed by atoms with van der Waals surface area (Å²) >= 11 is 0. The Bertz CT molecular complexity index is 795. The number of carbonyl (C=O) groups excluding carboxylic acids is 2. The van der Waals surface area contributed by atoms with Gasteiger partial charge in [0.05, 0.1) is 25.0 Å². The van der Waals surface area contributed by atoms with Gasteiger partial charge in [0.1, 0.15) is 0 Å². The molecule has 136 valence electrons. The van der Waals surface area contributed by atoms with Crippen molar-refractivity contribution in [2.45, 2.75) is 17.4 Å². The van der Waals surface area contributed by atoms with Crippen molar-refractivity contribution in [1.29, 1.82) is 0 Å². The third-order valence-electron chi connectivity index (χ3n) is 3.95. The van der Waals surface area contributed by atoms with Gasteiger partial charge in [-0.1, -0.05) is 6.30 Å². The van der Waals surface area contributed by atoms with E-state index in [1.54, 1.807) is 0 Å². The summed E-state index contributed by atoms with van der Waals surface area (Å²) in [7, 11) is -1.19. The number of hydrogen-bond donors (Lipinski definition) is 2. The average molecular weight is 386 g/mol. The molecule has 1 fully saturated rings. The van der Waals surface area contributed by atoms with Gasteiger partial charge in [-0.25, -0.2) is 13.2 Å². The van der Waals surface area contributed by atoms with Gasteiger partial charge in [0, 0.05) is 19.1 Å². The minimum atomic E-state index is -3.65. The minimum absolute atomic E-state index is 0.0604. The van der Waals surface area contributed by atoms with Crippen LogP contribution < -0.4 is 10.6 Å². The Balaban J connectivity index is 2.54.